The number of halogens is 2. The van der Waals surface area contributed by atoms with Gasteiger partial charge >= 0.3 is 37.9 Å². The van der Waals surface area contributed by atoms with Gasteiger partial charge in [0, 0.05) is 23.4 Å². The molecule has 2 aromatic rings. The standard InChI is InChI=1S/C19H23NO.2ClH.Zr/c1-4-16(5-2)20-13-18-14(3)11-12-17(19(18)21)15-9-7-6-8-10-15;;;/h6-13,16,21H,4-5H2,1-3H3;2*1H;/q;;;+2/p-2. The van der Waals surface area contributed by atoms with E-state index < -0.39 is 20.8 Å². The van der Waals surface area contributed by atoms with E-state index in [9.17, 15) is 5.11 Å². The van der Waals surface area contributed by atoms with E-state index in [0.29, 0.717) is 11.8 Å². The molecule has 0 radical (unpaired) electrons. The molecule has 1 N–H and O–H groups in total. The zero-order valence-electron chi connectivity index (χ0n) is 14.3. The number of rotatable bonds is 5. The zero-order valence-corrected chi connectivity index (χ0v) is 18.2. The SMILES string of the molecule is CCC(CC)N=Cc1c(C)ccc(-c2ccccc2)c1O.[Cl][Zr][Cl]. The van der Waals surface area contributed by atoms with Gasteiger partial charge in [0.15, 0.2) is 0 Å². The Morgan fingerprint density at radius 2 is 1.67 bits per heavy atom. The number of hydrogen-bond acceptors (Lipinski definition) is 2. The molecular weight excluding hydrogens is 420 g/mol. The zero-order chi connectivity index (χ0) is 17.9. The molecule has 2 rings (SSSR count). The predicted octanol–water partition coefficient (Wildman–Crippen LogP) is 6.35. The van der Waals surface area contributed by atoms with E-state index in [0.717, 1.165) is 35.1 Å². The van der Waals surface area contributed by atoms with Gasteiger partial charge in [-0.1, -0.05) is 56.3 Å². The fourth-order valence-corrected chi connectivity index (χ4v) is 2.40. The number of phenols is 1. The van der Waals surface area contributed by atoms with Gasteiger partial charge in [-0.3, -0.25) is 4.99 Å². The first kappa shape index (κ1) is 21.4. The molecule has 0 bridgehead atoms. The molecule has 0 heterocycles. The molecule has 0 aromatic heterocycles. The number of aromatic hydroxyl groups is 1. The Morgan fingerprint density at radius 1 is 1.08 bits per heavy atom. The van der Waals surface area contributed by atoms with Crippen LogP contribution in [0.1, 0.15) is 37.8 Å². The Balaban J connectivity index is 0.000000891. The van der Waals surface area contributed by atoms with E-state index in [-0.39, 0.29) is 0 Å². The summed E-state index contributed by atoms with van der Waals surface area (Å²) in [7, 11) is 9.87. The van der Waals surface area contributed by atoms with Crippen LogP contribution < -0.4 is 0 Å². The summed E-state index contributed by atoms with van der Waals surface area (Å²) in [4.78, 5) is 4.60. The number of aryl methyl sites for hydroxylation is 1. The molecule has 0 saturated carbocycles. The first-order chi connectivity index (χ1) is 11.6. The van der Waals surface area contributed by atoms with Crippen LogP contribution in [-0.2, 0) is 20.8 Å². The Hall–Kier alpha value is -0.627. The molecule has 2 nitrogen and oxygen atoms in total. The van der Waals surface area contributed by atoms with Crippen LogP contribution in [0.4, 0.5) is 0 Å². The van der Waals surface area contributed by atoms with Crippen LogP contribution in [0.25, 0.3) is 11.1 Å². The van der Waals surface area contributed by atoms with E-state index in [2.05, 4.69) is 18.8 Å². The molecular formula is C19H23Cl2NOZr. The topological polar surface area (TPSA) is 32.6 Å². The maximum absolute atomic E-state index is 10.6. The molecule has 0 fully saturated rings. The molecule has 0 unspecified atom stereocenters. The predicted molar refractivity (Wildman–Crippen MR) is 102 cm³/mol. The van der Waals surface area contributed by atoms with Crippen molar-refractivity contribution in [2.45, 2.75) is 39.7 Å². The van der Waals surface area contributed by atoms with Crippen LogP contribution in [-0.4, -0.2) is 17.4 Å². The third kappa shape index (κ3) is 6.35. The quantitative estimate of drug-likeness (QED) is 0.537. The summed E-state index contributed by atoms with van der Waals surface area (Å²) in [6.07, 6.45) is 3.87. The van der Waals surface area contributed by atoms with Crippen LogP contribution in [0.5, 0.6) is 5.75 Å². The Morgan fingerprint density at radius 3 is 2.21 bits per heavy atom. The summed E-state index contributed by atoms with van der Waals surface area (Å²) in [6, 6.07) is 14.3. The summed E-state index contributed by atoms with van der Waals surface area (Å²) >= 11 is -0.826. The third-order valence-corrected chi connectivity index (χ3v) is 3.88. The second kappa shape index (κ2) is 11.8. The molecule has 0 saturated heterocycles. The van der Waals surface area contributed by atoms with Gasteiger partial charge < -0.3 is 5.11 Å². The van der Waals surface area contributed by atoms with Crippen molar-refractivity contribution >= 4 is 23.2 Å². The molecule has 128 valence electrons. The van der Waals surface area contributed by atoms with Crippen LogP contribution in [0.15, 0.2) is 47.5 Å². The van der Waals surface area contributed by atoms with Crippen LogP contribution in [0.3, 0.4) is 0 Å². The normalized spacial score (nSPS) is 10.6. The Labute approximate surface area is 163 Å². The second-order valence-electron chi connectivity index (χ2n) is 5.38. The van der Waals surface area contributed by atoms with Gasteiger partial charge in [0.2, 0.25) is 0 Å². The van der Waals surface area contributed by atoms with Crippen molar-refractivity contribution in [2.24, 2.45) is 4.99 Å². The van der Waals surface area contributed by atoms with Crippen molar-refractivity contribution in [3.8, 4) is 16.9 Å². The summed E-state index contributed by atoms with van der Waals surface area (Å²) in [5.41, 5.74) is 3.74. The van der Waals surface area contributed by atoms with E-state index in [1.54, 1.807) is 0 Å². The van der Waals surface area contributed by atoms with Crippen molar-refractivity contribution in [3.63, 3.8) is 0 Å². The Bertz CT molecular complexity index is 643. The summed E-state index contributed by atoms with van der Waals surface area (Å²) < 4.78 is 0. The van der Waals surface area contributed by atoms with Crippen LogP contribution in [0, 0.1) is 6.92 Å². The van der Waals surface area contributed by atoms with Gasteiger partial charge in [-0.2, -0.15) is 0 Å². The van der Waals surface area contributed by atoms with Gasteiger partial charge in [-0.15, -0.1) is 0 Å². The van der Waals surface area contributed by atoms with Crippen LogP contribution in [0.2, 0.25) is 0 Å². The average Bonchev–Trinajstić information content (AvgIpc) is 2.59. The number of aliphatic imine (C=N–C) groups is 1. The third-order valence-electron chi connectivity index (χ3n) is 3.88. The molecule has 0 aliphatic carbocycles. The minimum absolute atomic E-state index is 0.316. The van der Waals surface area contributed by atoms with Gasteiger partial charge in [0.1, 0.15) is 5.75 Å². The average molecular weight is 444 g/mol. The number of phenolic OH excluding ortho intramolecular Hbond substituents is 1. The van der Waals surface area contributed by atoms with E-state index in [1.165, 1.54) is 0 Å². The fraction of sp³-hybridized carbons (Fsp3) is 0.316. The van der Waals surface area contributed by atoms with Crippen molar-refractivity contribution < 1.29 is 26.0 Å². The first-order valence-electron chi connectivity index (χ1n) is 7.96. The van der Waals surface area contributed by atoms with Crippen molar-refractivity contribution in [2.75, 3.05) is 0 Å². The molecule has 5 heteroatoms. The maximum atomic E-state index is 10.6. The van der Waals surface area contributed by atoms with Crippen molar-refractivity contribution in [1.82, 2.24) is 0 Å². The summed E-state index contributed by atoms with van der Waals surface area (Å²) in [5, 5.41) is 10.6. The van der Waals surface area contributed by atoms with Gasteiger partial charge in [0.25, 0.3) is 0 Å². The van der Waals surface area contributed by atoms with Crippen molar-refractivity contribution in [1.29, 1.82) is 0 Å². The van der Waals surface area contributed by atoms with Crippen LogP contribution >= 0.6 is 17.0 Å². The summed E-state index contributed by atoms with van der Waals surface area (Å²) in [5.74, 6) is 0.316. The van der Waals surface area contributed by atoms with Gasteiger partial charge in [-0.25, -0.2) is 0 Å². The monoisotopic (exact) mass is 441 g/mol. The van der Waals surface area contributed by atoms with Crippen molar-refractivity contribution in [3.05, 3.63) is 53.6 Å². The minimum atomic E-state index is -0.826. The molecule has 0 atom stereocenters. The second-order valence-corrected chi connectivity index (χ2v) is 9.11. The number of hydrogen-bond donors (Lipinski definition) is 1. The van der Waals surface area contributed by atoms with Gasteiger partial charge in [0.05, 0.1) is 0 Å². The molecule has 0 amide bonds. The Kier molecular flexibility index (Phi) is 10.6. The number of benzene rings is 2. The van der Waals surface area contributed by atoms with Gasteiger partial charge in [-0.05, 0) is 30.9 Å². The van der Waals surface area contributed by atoms with E-state index >= 15 is 0 Å². The molecule has 0 spiro atoms. The van der Waals surface area contributed by atoms with E-state index in [1.807, 2.05) is 55.6 Å². The molecule has 0 aliphatic rings. The molecule has 2 aromatic carbocycles. The fourth-order valence-electron chi connectivity index (χ4n) is 2.40. The summed E-state index contributed by atoms with van der Waals surface area (Å²) in [6.45, 7) is 6.28. The first-order valence-corrected chi connectivity index (χ1v) is 14.3. The van der Waals surface area contributed by atoms with E-state index in [4.69, 9.17) is 17.0 Å². The molecule has 24 heavy (non-hydrogen) atoms. The number of nitrogens with zero attached hydrogens (tertiary/aromatic N) is 1. The molecule has 0 aliphatic heterocycles.